The Morgan fingerprint density at radius 3 is 2.35 bits per heavy atom. The lowest BCUT2D eigenvalue weighted by molar-refractivity contribution is -0.139. The van der Waals surface area contributed by atoms with Gasteiger partial charge in [0.05, 0.1) is 12.1 Å². The highest BCUT2D eigenvalue weighted by Gasteiger charge is 2.26. The van der Waals surface area contributed by atoms with Gasteiger partial charge in [-0.05, 0) is 12.1 Å². The van der Waals surface area contributed by atoms with Gasteiger partial charge < -0.3 is 14.7 Å². The van der Waals surface area contributed by atoms with Crippen molar-refractivity contribution in [2.24, 2.45) is 0 Å². The Morgan fingerprint density at radius 2 is 1.73 bits per heavy atom. The van der Waals surface area contributed by atoms with E-state index < -0.39 is 0 Å². The molecule has 0 bridgehead atoms. The van der Waals surface area contributed by atoms with Crippen LogP contribution in [-0.2, 0) is 9.59 Å². The van der Waals surface area contributed by atoms with Crippen molar-refractivity contribution in [2.45, 2.75) is 6.92 Å². The van der Waals surface area contributed by atoms with Gasteiger partial charge in [0.15, 0.2) is 0 Å². The van der Waals surface area contributed by atoms with Crippen LogP contribution in [0.5, 0.6) is 0 Å². The van der Waals surface area contributed by atoms with Crippen LogP contribution in [0.3, 0.4) is 0 Å². The van der Waals surface area contributed by atoms with Gasteiger partial charge in [-0.15, -0.1) is 0 Å². The molecule has 2 aliphatic rings. The van der Waals surface area contributed by atoms with Crippen LogP contribution < -0.4 is 4.90 Å². The molecule has 0 spiro atoms. The smallest absolute Gasteiger partial charge is 0.236 e. The van der Waals surface area contributed by atoms with Crippen LogP contribution in [0.4, 0.5) is 5.82 Å². The molecule has 2 amide bonds. The third-order valence-electron chi connectivity index (χ3n) is 5.02. The molecule has 1 aromatic rings. The first-order valence-corrected chi connectivity index (χ1v) is 8.94. The van der Waals surface area contributed by atoms with Crippen molar-refractivity contribution in [1.29, 1.82) is 5.26 Å². The van der Waals surface area contributed by atoms with Gasteiger partial charge >= 0.3 is 0 Å². The highest BCUT2D eigenvalue weighted by Crippen LogP contribution is 2.18. The van der Waals surface area contributed by atoms with Crippen LogP contribution in [0.1, 0.15) is 12.5 Å². The first-order valence-electron chi connectivity index (χ1n) is 8.94. The van der Waals surface area contributed by atoms with Crippen molar-refractivity contribution < 1.29 is 9.59 Å². The molecule has 0 radical (unpaired) electrons. The fourth-order valence-electron chi connectivity index (χ4n) is 3.42. The summed E-state index contributed by atoms with van der Waals surface area (Å²) in [5.74, 6) is 0.915. The largest absolute Gasteiger partial charge is 0.353 e. The number of carbonyl (C=O) groups is 2. The van der Waals surface area contributed by atoms with Crippen LogP contribution in [0.25, 0.3) is 0 Å². The number of amides is 2. The molecule has 26 heavy (non-hydrogen) atoms. The highest BCUT2D eigenvalue weighted by molar-refractivity contribution is 5.79. The number of hydrogen-bond acceptors (Lipinski definition) is 6. The summed E-state index contributed by atoms with van der Waals surface area (Å²) in [5.41, 5.74) is 0.584. The lowest BCUT2D eigenvalue weighted by Gasteiger charge is -2.38. The molecule has 0 aliphatic carbocycles. The van der Waals surface area contributed by atoms with E-state index in [2.05, 4.69) is 20.9 Å². The molecule has 2 saturated heterocycles. The van der Waals surface area contributed by atoms with Crippen molar-refractivity contribution in [3.63, 3.8) is 0 Å². The number of hydrogen-bond donors (Lipinski definition) is 0. The van der Waals surface area contributed by atoms with E-state index in [1.807, 2.05) is 4.90 Å². The molecular weight excluding hydrogens is 332 g/mol. The lowest BCUT2D eigenvalue weighted by atomic mass is 10.2. The first kappa shape index (κ1) is 18.1. The lowest BCUT2D eigenvalue weighted by Crippen LogP contribution is -2.54. The Bertz CT molecular complexity index is 700. The second kappa shape index (κ2) is 8.15. The van der Waals surface area contributed by atoms with E-state index in [0.717, 1.165) is 32.0 Å². The van der Waals surface area contributed by atoms with E-state index in [1.165, 1.54) is 0 Å². The maximum Gasteiger partial charge on any atom is 0.236 e. The Labute approximate surface area is 153 Å². The molecule has 8 nitrogen and oxygen atoms in total. The van der Waals surface area contributed by atoms with Crippen molar-refractivity contribution in [3.05, 3.63) is 23.9 Å². The third-order valence-corrected chi connectivity index (χ3v) is 5.02. The number of rotatable bonds is 3. The summed E-state index contributed by atoms with van der Waals surface area (Å²) in [5, 5.41) is 9.22. The highest BCUT2D eigenvalue weighted by atomic mass is 16.2. The van der Waals surface area contributed by atoms with Crippen LogP contribution in [0.2, 0.25) is 0 Å². The molecule has 8 heteroatoms. The minimum atomic E-state index is 0.0690. The van der Waals surface area contributed by atoms with Gasteiger partial charge in [-0.1, -0.05) is 0 Å². The van der Waals surface area contributed by atoms with Crippen molar-refractivity contribution >= 4 is 17.6 Å². The topological polar surface area (TPSA) is 83.8 Å². The maximum atomic E-state index is 12.5. The fraction of sp³-hybridized carbons (Fsp3) is 0.556. The third kappa shape index (κ3) is 4.11. The molecule has 2 aliphatic heterocycles. The van der Waals surface area contributed by atoms with E-state index >= 15 is 0 Å². The van der Waals surface area contributed by atoms with Crippen LogP contribution in [0, 0.1) is 11.3 Å². The van der Waals surface area contributed by atoms with Gasteiger partial charge in [0.2, 0.25) is 11.8 Å². The van der Waals surface area contributed by atoms with Gasteiger partial charge in [-0.3, -0.25) is 14.5 Å². The number of piperazine rings is 2. The van der Waals surface area contributed by atoms with E-state index in [-0.39, 0.29) is 11.8 Å². The zero-order valence-electron chi connectivity index (χ0n) is 15.1. The van der Waals surface area contributed by atoms with Gasteiger partial charge in [0.1, 0.15) is 11.9 Å². The van der Waals surface area contributed by atoms with E-state index in [1.54, 1.807) is 30.2 Å². The average Bonchev–Trinajstić information content (AvgIpc) is 2.68. The average molecular weight is 356 g/mol. The van der Waals surface area contributed by atoms with E-state index in [9.17, 15) is 14.9 Å². The van der Waals surface area contributed by atoms with E-state index in [0.29, 0.717) is 38.3 Å². The van der Waals surface area contributed by atoms with Gasteiger partial charge in [-0.25, -0.2) is 4.98 Å². The maximum absolute atomic E-state index is 12.5. The van der Waals surface area contributed by atoms with Crippen LogP contribution in [0.15, 0.2) is 18.3 Å². The predicted octanol–water partition coefficient (Wildman–Crippen LogP) is -0.234. The number of nitriles is 1. The Hall–Kier alpha value is -2.66. The molecule has 0 aromatic carbocycles. The fourth-order valence-corrected chi connectivity index (χ4v) is 3.42. The number of nitrogens with zero attached hydrogens (tertiary/aromatic N) is 6. The van der Waals surface area contributed by atoms with Crippen molar-refractivity contribution in [1.82, 2.24) is 19.7 Å². The van der Waals surface area contributed by atoms with Gasteiger partial charge in [0, 0.05) is 65.5 Å². The molecule has 0 atom stereocenters. The SMILES string of the molecule is CC(=O)N1CCN(C(=O)CN2CCN(c3ncccc3C#N)CC2)CC1. The summed E-state index contributed by atoms with van der Waals surface area (Å²) >= 11 is 0. The predicted molar refractivity (Wildman–Crippen MR) is 96.4 cm³/mol. The zero-order valence-corrected chi connectivity index (χ0v) is 15.1. The summed E-state index contributed by atoms with van der Waals surface area (Å²) in [4.78, 5) is 36.1. The molecule has 138 valence electrons. The van der Waals surface area contributed by atoms with Gasteiger partial charge in [-0.2, -0.15) is 5.26 Å². The summed E-state index contributed by atoms with van der Waals surface area (Å²) in [6, 6.07) is 5.73. The molecule has 3 rings (SSSR count). The summed E-state index contributed by atoms with van der Waals surface area (Å²) in [6.45, 7) is 7.44. The second-order valence-corrected chi connectivity index (χ2v) is 6.64. The minimum absolute atomic E-state index is 0.0690. The number of carbonyl (C=O) groups excluding carboxylic acids is 2. The first-order chi connectivity index (χ1) is 12.6. The molecule has 3 heterocycles. The molecule has 1 aromatic heterocycles. The van der Waals surface area contributed by atoms with Gasteiger partial charge in [0.25, 0.3) is 0 Å². The monoisotopic (exact) mass is 356 g/mol. The Balaban J connectivity index is 1.48. The number of pyridine rings is 1. The second-order valence-electron chi connectivity index (χ2n) is 6.64. The molecule has 2 fully saturated rings. The summed E-state index contributed by atoms with van der Waals surface area (Å²) in [7, 11) is 0. The minimum Gasteiger partial charge on any atom is -0.353 e. The van der Waals surface area contributed by atoms with Crippen LogP contribution in [-0.4, -0.2) is 90.4 Å². The van der Waals surface area contributed by atoms with Crippen LogP contribution >= 0.6 is 0 Å². The zero-order chi connectivity index (χ0) is 18.5. The Kier molecular flexibility index (Phi) is 5.68. The Morgan fingerprint density at radius 1 is 1.08 bits per heavy atom. The standard InChI is InChI=1S/C18H24N6O2/c1-15(25)22-9-11-23(12-10-22)17(26)14-21-5-7-24(8-6-21)18-16(13-19)3-2-4-20-18/h2-4H,5-12,14H2,1H3. The summed E-state index contributed by atoms with van der Waals surface area (Å²) < 4.78 is 0. The normalized spacial score (nSPS) is 18.5. The number of anilines is 1. The number of aromatic nitrogens is 1. The molecule has 0 saturated carbocycles. The van der Waals surface area contributed by atoms with Crippen molar-refractivity contribution in [2.75, 3.05) is 63.8 Å². The van der Waals surface area contributed by atoms with E-state index in [4.69, 9.17) is 0 Å². The molecule has 0 N–H and O–H groups in total. The molecule has 0 unspecified atom stereocenters. The summed E-state index contributed by atoms with van der Waals surface area (Å²) in [6.07, 6.45) is 1.70. The van der Waals surface area contributed by atoms with Crippen molar-refractivity contribution in [3.8, 4) is 6.07 Å². The quantitative estimate of drug-likeness (QED) is 0.744. The molecular formula is C18H24N6O2.